The molecule has 0 bridgehead atoms. The van der Waals surface area contributed by atoms with Crippen LogP contribution in [0.5, 0.6) is 0 Å². The number of alkyl halides is 3. The fourth-order valence-corrected chi connectivity index (χ4v) is 1.54. The number of halogens is 3. The molecule has 1 amide bonds. The van der Waals surface area contributed by atoms with Gasteiger partial charge in [-0.15, -0.1) is 0 Å². The van der Waals surface area contributed by atoms with Gasteiger partial charge in [-0.05, 0) is 11.6 Å². The molecule has 5 nitrogen and oxygen atoms in total. The summed E-state index contributed by atoms with van der Waals surface area (Å²) in [5, 5.41) is 10.2. The van der Waals surface area contributed by atoms with Crippen LogP contribution < -0.4 is 10.2 Å². The molecule has 1 heterocycles. The lowest BCUT2D eigenvalue weighted by Crippen LogP contribution is -2.31. The van der Waals surface area contributed by atoms with E-state index in [0.29, 0.717) is 6.54 Å². The third-order valence-electron chi connectivity index (χ3n) is 2.56. The summed E-state index contributed by atoms with van der Waals surface area (Å²) >= 11 is 0. The van der Waals surface area contributed by atoms with Gasteiger partial charge in [0.05, 0.1) is 6.54 Å². The summed E-state index contributed by atoms with van der Waals surface area (Å²) in [4.78, 5) is 22.0. The Balaban J connectivity index is 0.000000246. The minimum absolute atomic E-state index is 0.116. The number of nitrogens with zero attached hydrogens (tertiary/aromatic N) is 1. The average molecular weight is 290 g/mol. The maximum Gasteiger partial charge on any atom is 0.490 e. The molecule has 0 fully saturated rings. The first-order valence-electron chi connectivity index (χ1n) is 5.58. The number of carbonyl (C=O) groups is 2. The van der Waals surface area contributed by atoms with E-state index in [0.717, 1.165) is 12.2 Å². The highest BCUT2D eigenvalue weighted by molar-refractivity contribution is 5.95. The molecule has 1 aromatic rings. The standard InChI is InChI=1S/C10H12N2O.C2HF3O2/c1-12-9-5-3-2-4-8(9)6-11-7-10(12)13;3-2(4,5)1(6)7/h2-5,11H,6-7H2,1H3;(H,6,7). The van der Waals surface area contributed by atoms with Crippen molar-refractivity contribution in [2.75, 3.05) is 18.5 Å². The monoisotopic (exact) mass is 290 g/mol. The molecule has 110 valence electrons. The van der Waals surface area contributed by atoms with Crippen LogP contribution in [0.3, 0.4) is 0 Å². The largest absolute Gasteiger partial charge is 0.490 e. The van der Waals surface area contributed by atoms with Gasteiger partial charge in [-0.2, -0.15) is 13.2 Å². The first kappa shape index (κ1) is 16.0. The summed E-state index contributed by atoms with van der Waals surface area (Å²) < 4.78 is 31.7. The second kappa shape index (κ2) is 6.38. The number of para-hydroxylation sites is 1. The normalized spacial score (nSPS) is 14.8. The highest BCUT2D eigenvalue weighted by atomic mass is 19.4. The van der Waals surface area contributed by atoms with Gasteiger partial charge in [0.15, 0.2) is 0 Å². The Hall–Kier alpha value is -2.09. The molecule has 2 rings (SSSR count). The van der Waals surface area contributed by atoms with Crippen LogP contribution in [0, 0.1) is 0 Å². The summed E-state index contributed by atoms with van der Waals surface area (Å²) in [5.41, 5.74) is 2.19. The SMILES string of the molecule is CN1C(=O)CNCc2ccccc21.O=C(O)C(F)(F)F. The molecule has 0 atom stereocenters. The lowest BCUT2D eigenvalue weighted by Gasteiger charge is -2.16. The van der Waals surface area contributed by atoms with E-state index in [1.165, 1.54) is 5.56 Å². The smallest absolute Gasteiger partial charge is 0.475 e. The molecule has 2 N–H and O–H groups in total. The summed E-state index contributed by atoms with van der Waals surface area (Å²) in [6.07, 6.45) is -5.08. The second-order valence-electron chi connectivity index (χ2n) is 3.99. The van der Waals surface area contributed by atoms with Gasteiger partial charge in [0, 0.05) is 19.3 Å². The van der Waals surface area contributed by atoms with Crippen molar-refractivity contribution in [1.82, 2.24) is 5.32 Å². The lowest BCUT2D eigenvalue weighted by molar-refractivity contribution is -0.192. The van der Waals surface area contributed by atoms with Crippen LogP contribution >= 0.6 is 0 Å². The van der Waals surface area contributed by atoms with E-state index in [1.807, 2.05) is 31.3 Å². The molecule has 8 heteroatoms. The number of fused-ring (bicyclic) bond motifs is 1. The van der Waals surface area contributed by atoms with Crippen molar-refractivity contribution in [2.45, 2.75) is 12.7 Å². The molecular formula is C12H13F3N2O3. The molecular weight excluding hydrogens is 277 g/mol. The molecule has 1 aliphatic heterocycles. The number of carboxylic acid groups (broad SMARTS) is 1. The zero-order chi connectivity index (χ0) is 15.3. The van der Waals surface area contributed by atoms with Crippen molar-refractivity contribution in [3.8, 4) is 0 Å². The molecule has 0 spiro atoms. The number of carbonyl (C=O) groups excluding carboxylic acids is 1. The molecule has 0 aliphatic carbocycles. The van der Waals surface area contributed by atoms with Gasteiger partial charge in [0.2, 0.25) is 5.91 Å². The average Bonchev–Trinajstić information content (AvgIpc) is 2.50. The number of amides is 1. The minimum atomic E-state index is -5.08. The maximum absolute atomic E-state index is 11.4. The quantitative estimate of drug-likeness (QED) is 0.757. The Morgan fingerprint density at radius 2 is 1.85 bits per heavy atom. The van der Waals surface area contributed by atoms with Gasteiger partial charge in [-0.3, -0.25) is 4.79 Å². The fraction of sp³-hybridized carbons (Fsp3) is 0.333. The first-order chi connectivity index (χ1) is 9.23. The fourth-order valence-electron chi connectivity index (χ4n) is 1.54. The zero-order valence-corrected chi connectivity index (χ0v) is 10.6. The van der Waals surface area contributed by atoms with Crippen LogP contribution in [0.4, 0.5) is 18.9 Å². The predicted molar refractivity (Wildman–Crippen MR) is 65.2 cm³/mol. The van der Waals surface area contributed by atoms with Gasteiger partial charge in [0.1, 0.15) is 0 Å². The number of hydrogen-bond acceptors (Lipinski definition) is 3. The van der Waals surface area contributed by atoms with Crippen LogP contribution in [0.2, 0.25) is 0 Å². The van der Waals surface area contributed by atoms with E-state index in [1.54, 1.807) is 4.90 Å². The number of hydrogen-bond donors (Lipinski definition) is 2. The number of anilines is 1. The van der Waals surface area contributed by atoms with Gasteiger partial charge in [-0.1, -0.05) is 18.2 Å². The Bertz CT molecular complexity index is 503. The molecule has 1 aromatic carbocycles. The summed E-state index contributed by atoms with van der Waals surface area (Å²) in [6, 6.07) is 7.95. The first-order valence-corrected chi connectivity index (χ1v) is 5.58. The molecule has 0 aromatic heterocycles. The van der Waals surface area contributed by atoms with Gasteiger partial charge >= 0.3 is 12.1 Å². The molecule has 0 saturated heterocycles. The van der Waals surface area contributed by atoms with E-state index in [-0.39, 0.29) is 5.91 Å². The molecule has 0 unspecified atom stereocenters. The topological polar surface area (TPSA) is 69.6 Å². The van der Waals surface area contributed by atoms with Crippen LogP contribution in [0.25, 0.3) is 0 Å². The maximum atomic E-state index is 11.4. The lowest BCUT2D eigenvalue weighted by atomic mass is 10.1. The Labute approximate surface area is 113 Å². The number of carboxylic acids is 1. The molecule has 0 radical (unpaired) electrons. The van der Waals surface area contributed by atoms with E-state index < -0.39 is 12.1 Å². The van der Waals surface area contributed by atoms with E-state index >= 15 is 0 Å². The molecule has 1 aliphatic rings. The third-order valence-corrected chi connectivity index (χ3v) is 2.56. The van der Waals surface area contributed by atoms with Crippen molar-refractivity contribution in [1.29, 1.82) is 0 Å². The number of nitrogens with one attached hydrogen (secondary N) is 1. The van der Waals surface area contributed by atoms with E-state index in [4.69, 9.17) is 9.90 Å². The van der Waals surface area contributed by atoms with Crippen LogP contribution in [-0.2, 0) is 16.1 Å². The van der Waals surface area contributed by atoms with Crippen LogP contribution in [0.1, 0.15) is 5.56 Å². The van der Waals surface area contributed by atoms with E-state index in [2.05, 4.69) is 5.32 Å². The van der Waals surface area contributed by atoms with Gasteiger partial charge < -0.3 is 15.3 Å². The Kier molecular flexibility index (Phi) is 5.09. The molecule has 20 heavy (non-hydrogen) atoms. The number of aliphatic carboxylic acids is 1. The van der Waals surface area contributed by atoms with Crippen molar-refractivity contribution in [2.24, 2.45) is 0 Å². The van der Waals surface area contributed by atoms with Crippen molar-refractivity contribution >= 4 is 17.6 Å². The highest BCUT2D eigenvalue weighted by Crippen LogP contribution is 2.20. The predicted octanol–water partition coefficient (Wildman–Crippen LogP) is 1.39. The van der Waals surface area contributed by atoms with Crippen molar-refractivity contribution in [3.63, 3.8) is 0 Å². The molecule has 0 saturated carbocycles. The van der Waals surface area contributed by atoms with Crippen LogP contribution in [-0.4, -0.2) is 36.8 Å². The minimum Gasteiger partial charge on any atom is -0.475 e. The van der Waals surface area contributed by atoms with Crippen molar-refractivity contribution in [3.05, 3.63) is 29.8 Å². The second-order valence-corrected chi connectivity index (χ2v) is 3.99. The number of benzene rings is 1. The zero-order valence-electron chi connectivity index (χ0n) is 10.6. The Morgan fingerprint density at radius 1 is 1.30 bits per heavy atom. The van der Waals surface area contributed by atoms with Crippen molar-refractivity contribution < 1.29 is 27.9 Å². The van der Waals surface area contributed by atoms with Gasteiger partial charge in [0.25, 0.3) is 0 Å². The summed E-state index contributed by atoms with van der Waals surface area (Å²) in [5.74, 6) is -2.64. The number of likely N-dealkylation sites (N-methyl/N-ethyl adjacent to an activating group) is 1. The summed E-state index contributed by atoms with van der Waals surface area (Å²) in [7, 11) is 1.81. The van der Waals surface area contributed by atoms with Gasteiger partial charge in [-0.25, -0.2) is 4.79 Å². The Morgan fingerprint density at radius 3 is 2.40 bits per heavy atom. The highest BCUT2D eigenvalue weighted by Gasteiger charge is 2.38. The number of rotatable bonds is 0. The van der Waals surface area contributed by atoms with E-state index in [9.17, 15) is 18.0 Å². The third kappa shape index (κ3) is 4.23. The summed E-state index contributed by atoms with van der Waals surface area (Å²) in [6.45, 7) is 1.19. The van der Waals surface area contributed by atoms with Crippen LogP contribution in [0.15, 0.2) is 24.3 Å².